The highest BCUT2D eigenvalue weighted by atomic mass is 16.4. The van der Waals surface area contributed by atoms with E-state index in [4.69, 9.17) is 10.2 Å². The summed E-state index contributed by atoms with van der Waals surface area (Å²) in [5, 5.41) is 19.8. The topological polar surface area (TPSA) is 86.6 Å². The Balaban J connectivity index is 2.52. The average Bonchev–Trinajstić information content (AvgIpc) is 2.33. The van der Waals surface area contributed by atoms with E-state index in [0.717, 1.165) is 0 Å². The summed E-state index contributed by atoms with van der Waals surface area (Å²) in [6, 6.07) is -0.680. The quantitative estimate of drug-likeness (QED) is 0.536. The lowest BCUT2D eigenvalue weighted by Gasteiger charge is -2.12. The van der Waals surface area contributed by atoms with Gasteiger partial charge in [0.15, 0.2) is 0 Å². The van der Waals surface area contributed by atoms with Gasteiger partial charge in [0.25, 0.3) is 0 Å². The van der Waals surface area contributed by atoms with E-state index in [2.05, 4.69) is 5.32 Å². The van der Waals surface area contributed by atoms with Gasteiger partial charge in [-0.25, -0.2) is 0 Å². The van der Waals surface area contributed by atoms with Gasteiger partial charge in [0.1, 0.15) is 6.04 Å². The van der Waals surface area contributed by atoms with Crippen LogP contribution in [-0.2, 0) is 9.59 Å². The lowest BCUT2D eigenvalue weighted by Crippen LogP contribution is -2.36. The summed E-state index contributed by atoms with van der Waals surface area (Å²) >= 11 is 0. The molecule has 5 nitrogen and oxygen atoms in total. The molecule has 1 fully saturated rings. The minimum absolute atomic E-state index is 0.0655. The minimum Gasteiger partial charge on any atom is -0.481 e. The lowest BCUT2D eigenvalue weighted by molar-refractivity contribution is -0.141. The molecule has 5 heteroatoms. The Morgan fingerprint density at radius 3 is 2.58 bits per heavy atom. The molecule has 0 aromatic heterocycles. The molecule has 0 amide bonds. The summed E-state index contributed by atoms with van der Waals surface area (Å²) in [5.41, 5.74) is 0. The van der Waals surface area contributed by atoms with Crippen molar-refractivity contribution < 1.29 is 19.8 Å². The maximum Gasteiger partial charge on any atom is 0.320 e. The Morgan fingerprint density at radius 2 is 2.08 bits per heavy atom. The number of nitrogens with one attached hydrogen (secondary N) is 1. The third-order valence-electron chi connectivity index (χ3n) is 2.05. The van der Waals surface area contributed by atoms with Crippen LogP contribution in [0, 0.1) is 5.92 Å². The lowest BCUT2D eigenvalue weighted by atomic mass is 9.97. The van der Waals surface area contributed by atoms with Crippen LogP contribution in [0.4, 0.5) is 0 Å². The smallest absolute Gasteiger partial charge is 0.320 e. The van der Waals surface area contributed by atoms with E-state index in [9.17, 15) is 9.59 Å². The van der Waals surface area contributed by atoms with Crippen LogP contribution < -0.4 is 5.32 Å². The molecule has 0 unspecified atom stereocenters. The third-order valence-corrected chi connectivity index (χ3v) is 2.05. The van der Waals surface area contributed by atoms with Crippen LogP contribution in [0.3, 0.4) is 0 Å². The van der Waals surface area contributed by atoms with Gasteiger partial charge in [0.2, 0.25) is 0 Å². The maximum atomic E-state index is 10.5. The van der Waals surface area contributed by atoms with Gasteiger partial charge in [0, 0.05) is 0 Å². The molecule has 1 heterocycles. The zero-order valence-electron chi connectivity index (χ0n) is 6.49. The molecule has 2 atom stereocenters. The molecule has 0 radical (unpaired) electrons. The highest BCUT2D eigenvalue weighted by Crippen LogP contribution is 2.19. The fourth-order valence-electron chi connectivity index (χ4n) is 1.49. The van der Waals surface area contributed by atoms with Crippen LogP contribution in [0.5, 0.6) is 0 Å². The SMILES string of the molecule is O=C(O)C[C@H]1CCN[C@H]1C(=O)O. The number of aliphatic carboxylic acids is 2. The summed E-state index contributed by atoms with van der Waals surface area (Å²) in [7, 11) is 0. The van der Waals surface area contributed by atoms with E-state index in [1.54, 1.807) is 0 Å². The van der Waals surface area contributed by atoms with Crippen molar-refractivity contribution >= 4 is 11.9 Å². The highest BCUT2D eigenvalue weighted by molar-refractivity contribution is 5.76. The summed E-state index contributed by atoms with van der Waals surface area (Å²) < 4.78 is 0. The standard InChI is InChI=1S/C7H11NO4/c9-5(10)3-4-1-2-8-6(4)7(11)12/h4,6,8H,1-3H2,(H,9,10)(H,11,12)/t4-,6-/m1/s1. The van der Waals surface area contributed by atoms with Gasteiger partial charge in [-0.3, -0.25) is 9.59 Å². The van der Waals surface area contributed by atoms with E-state index in [0.29, 0.717) is 13.0 Å². The number of carboxylic acid groups (broad SMARTS) is 2. The second kappa shape index (κ2) is 3.53. The Kier molecular flexibility index (Phi) is 2.65. The predicted octanol–water partition coefficient (Wildman–Crippen LogP) is -0.476. The fourth-order valence-corrected chi connectivity index (χ4v) is 1.49. The Labute approximate surface area is 69.4 Å². The number of rotatable bonds is 3. The van der Waals surface area contributed by atoms with Crippen LogP contribution in [0.15, 0.2) is 0 Å². The van der Waals surface area contributed by atoms with E-state index in [1.165, 1.54) is 0 Å². The molecular formula is C7H11NO4. The maximum absolute atomic E-state index is 10.5. The molecule has 1 aliphatic heterocycles. The van der Waals surface area contributed by atoms with Crippen molar-refractivity contribution in [3.8, 4) is 0 Å². The monoisotopic (exact) mass is 173 g/mol. The molecule has 12 heavy (non-hydrogen) atoms. The molecule has 1 rings (SSSR count). The van der Waals surface area contributed by atoms with Crippen LogP contribution >= 0.6 is 0 Å². The summed E-state index contributed by atoms with van der Waals surface area (Å²) in [6.45, 7) is 0.592. The molecule has 3 N–H and O–H groups in total. The summed E-state index contributed by atoms with van der Waals surface area (Å²) in [4.78, 5) is 20.8. The second-order valence-corrected chi connectivity index (χ2v) is 2.92. The largest absolute Gasteiger partial charge is 0.481 e. The number of carboxylic acids is 2. The molecule has 0 aromatic rings. The van der Waals surface area contributed by atoms with Crippen molar-refractivity contribution in [1.29, 1.82) is 0 Å². The van der Waals surface area contributed by atoms with Crippen LogP contribution in [0.25, 0.3) is 0 Å². The van der Waals surface area contributed by atoms with E-state index in [1.807, 2.05) is 0 Å². The number of hydrogen-bond acceptors (Lipinski definition) is 3. The summed E-state index contributed by atoms with van der Waals surface area (Å²) in [5.74, 6) is -2.16. The van der Waals surface area contributed by atoms with Crippen molar-refractivity contribution in [2.24, 2.45) is 5.92 Å². The third kappa shape index (κ3) is 1.94. The van der Waals surface area contributed by atoms with Crippen molar-refractivity contribution in [2.75, 3.05) is 6.54 Å². The van der Waals surface area contributed by atoms with Gasteiger partial charge in [0.05, 0.1) is 6.42 Å². The highest BCUT2D eigenvalue weighted by Gasteiger charge is 2.33. The molecule has 0 saturated carbocycles. The van der Waals surface area contributed by atoms with Crippen molar-refractivity contribution in [2.45, 2.75) is 18.9 Å². The van der Waals surface area contributed by atoms with Crippen molar-refractivity contribution in [1.82, 2.24) is 5.32 Å². The van der Waals surface area contributed by atoms with E-state index in [-0.39, 0.29) is 12.3 Å². The Bertz CT molecular complexity index is 204. The van der Waals surface area contributed by atoms with Gasteiger partial charge in [-0.05, 0) is 18.9 Å². The van der Waals surface area contributed by atoms with Crippen LogP contribution in [0.2, 0.25) is 0 Å². The zero-order chi connectivity index (χ0) is 9.14. The number of carbonyl (C=O) groups is 2. The first-order chi connectivity index (χ1) is 5.61. The minimum atomic E-state index is -0.959. The molecular weight excluding hydrogens is 162 g/mol. The zero-order valence-corrected chi connectivity index (χ0v) is 6.49. The van der Waals surface area contributed by atoms with Crippen LogP contribution in [0.1, 0.15) is 12.8 Å². The second-order valence-electron chi connectivity index (χ2n) is 2.92. The Morgan fingerprint density at radius 1 is 1.42 bits per heavy atom. The molecule has 0 aromatic carbocycles. The fraction of sp³-hybridized carbons (Fsp3) is 0.714. The van der Waals surface area contributed by atoms with Crippen molar-refractivity contribution in [3.63, 3.8) is 0 Å². The molecule has 1 saturated heterocycles. The molecule has 1 aliphatic rings. The van der Waals surface area contributed by atoms with E-state index < -0.39 is 18.0 Å². The van der Waals surface area contributed by atoms with E-state index >= 15 is 0 Å². The van der Waals surface area contributed by atoms with Gasteiger partial charge < -0.3 is 15.5 Å². The van der Waals surface area contributed by atoms with Crippen molar-refractivity contribution in [3.05, 3.63) is 0 Å². The molecule has 0 aliphatic carbocycles. The first kappa shape index (κ1) is 8.99. The first-order valence-corrected chi connectivity index (χ1v) is 3.79. The Hall–Kier alpha value is -1.10. The molecule has 68 valence electrons. The number of hydrogen-bond donors (Lipinski definition) is 3. The molecule has 0 spiro atoms. The summed E-state index contributed by atoms with van der Waals surface area (Å²) in [6.07, 6.45) is 0.563. The van der Waals surface area contributed by atoms with Gasteiger partial charge in [-0.2, -0.15) is 0 Å². The first-order valence-electron chi connectivity index (χ1n) is 3.79. The van der Waals surface area contributed by atoms with Gasteiger partial charge in [-0.15, -0.1) is 0 Å². The predicted molar refractivity (Wildman–Crippen MR) is 39.8 cm³/mol. The normalized spacial score (nSPS) is 28.7. The van der Waals surface area contributed by atoms with Gasteiger partial charge >= 0.3 is 11.9 Å². The average molecular weight is 173 g/mol. The van der Waals surface area contributed by atoms with Gasteiger partial charge in [-0.1, -0.05) is 0 Å². The van der Waals surface area contributed by atoms with Crippen LogP contribution in [-0.4, -0.2) is 34.7 Å². The molecule has 0 bridgehead atoms.